The van der Waals surface area contributed by atoms with Crippen molar-refractivity contribution in [3.8, 4) is 45.3 Å². The van der Waals surface area contributed by atoms with Crippen LogP contribution in [-0.4, -0.2) is 41.7 Å². The maximum atomic E-state index is 13.9. The van der Waals surface area contributed by atoms with Crippen molar-refractivity contribution < 1.29 is 92.0 Å². The van der Waals surface area contributed by atoms with Crippen LogP contribution in [0.2, 0.25) is 0 Å². The molecule has 8 aromatic carbocycles. The summed E-state index contributed by atoms with van der Waals surface area (Å²) >= 11 is 0. The van der Waals surface area contributed by atoms with E-state index in [1.807, 2.05) is 115 Å². The molecule has 10 heteroatoms. The van der Waals surface area contributed by atoms with Gasteiger partial charge in [0.2, 0.25) is 0 Å². The SMILES string of the molecule is [Li+].[Li+].[Li+].[O-]CCc1cc2ccccc2c(-c2c(O)c(CCOCCc3cc4ccccc4c(-c4c(O)c(CC[O-])cc5ccccc45)c3O)cc3ccccc23)c1[O-]. The third-order valence-corrected chi connectivity index (χ3v) is 10.7. The second-order valence-electron chi connectivity index (χ2n) is 13.9. The van der Waals surface area contributed by atoms with Crippen LogP contribution in [0.15, 0.2) is 121 Å². The Hall–Kier alpha value is -4.33. The molecule has 0 saturated carbocycles. The molecule has 7 nitrogen and oxygen atoms in total. The summed E-state index contributed by atoms with van der Waals surface area (Å²) in [5.74, 6) is -0.214. The van der Waals surface area contributed by atoms with E-state index in [2.05, 4.69) is 0 Å². The molecule has 0 heterocycles. The number of rotatable bonds is 12. The number of phenols is 3. The van der Waals surface area contributed by atoms with Gasteiger partial charge in [-0.15, -0.1) is 13.2 Å². The number of ether oxygens (including phenoxy) is 1. The third kappa shape index (κ3) is 8.40. The van der Waals surface area contributed by atoms with E-state index in [1.54, 1.807) is 6.07 Å². The van der Waals surface area contributed by atoms with Gasteiger partial charge >= 0.3 is 56.6 Å². The van der Waals surface area contributed by atoms with Crippen molar-refractivity contribution in [2.45, 2.75) is 25.7 Å². The summed E-state index contributed by atoms with van der Waals surface area (Å²) in [4.78, 5) is 0. The van der Waals surface area contributed by atoms with Gasteiger partial charge in [0.15, 0.2) is 0 Å². The smallest absolute Gasteiger partial charge is 0.872 e. The van der Waals surface area contributed by atoms with Gasteiger partial charge in [-0.3, -0.25) is 0 Å². The van der Waals surface area contributed by atoms with E-state index in [-0.39, 0.29) is 112 Å². The molecule has 0 aliphatic carbocycles. The molecule has 0 aromatic heterocycles. The number of hydrogen-bond acceptors (Lipinski definition) is 7. The number of hydrogen-bond donors (Lipinski definition) is 3. The summed E-state index contributed by atoms with van der Waals surface area (Å²) in [7, 11) is 0. The number of phenolic OH excluding ortho intramolecular Hbond substituents is 3. The van der Waals surface area contributed by atoms with E-state index in [0.29, 0.717) is 62.7 Å². The Morgan fingerprint density at radius 3 is 1.07 bits per heavy atom. The van der Waals surface area contributed by atoms with E-state index in [0.717, 1.165) is 37.7 Å². The Morgan fingerprint density at radius 1 is 0.397 bits per heavy atom. The minimum absolute atomic E-state index is 0. The minimum Gasteiger partial charge on any atom is -0.872 e. The molecule has 0 aliphatic heterocycles. The zero-order valence-electron chi connectivity index (χ0n) is 33.2. The topological polar surface area (TPSA) is 139 Å². The fourth-order valence-electron chi connectivity index (χ4n) is 8.02. The monoisotopic (exact) mass is 748 g/mol. The Kier molecular flexibility index (Phi) is 15.1. The van der Waals surface area contributed by atoms with Crippen LogP contribution in [0.5, 0.6) is 23.0 Å². The molecule has 0 radical (unpaired) electrons. The van der Waals surface area contributed by atoms with Gasteiger partial charge in [0.25, 0.3) is 0 Å². The molecule has 0 unspecified atom stereocenters. The second kappa shape index (κ2) is 19.6. The summed E-state index contributed by atoms with van der Waals surface area (Å²) in [6, 6.07) is 38.0. The van der Waals surface area contributed by atoms with Crippen molar-refractivity contribution in [2.24, 2.45) is 0 Å². The molecule has 8 rings (SSSR count). The second-order valence-corrected chi connectivity index (χ2v) is 13.9. The summed E-state index contributed by atoms with van der Waals surface area (Å²) in [5, 5.41) is 79.1. The van der Waals surface area contributed by atoms with Crippen LogP contribution in [-0.2, 0) is 30.4 Å². The summed E-state index contributed by atoms with van der Waals surface area (Å²) in [5.41, 5.74) is 4.08. The van der Waals surface area contributed by atoms with Crippen molar-refractivity contribution in [3.05, 3.63) is 144 Å². The van der Waals surface area contributed by atoms with Crippen molar-refractivity contribution in [2.75, 3.05) is 26.4 Å². The van der Waals surface area contributed by atoms with Gasteiger partial charge in [-0.25, -0.2) is 0 Å². The minimum atomic E-state index is -0.412. The van der Waals surface area contributed by atoms with Crippen molar-refractivity contribution in [1.29, 1.82) is 0 Å². The van der Waals surface area contributed by atoms with Gasteiger partial charge in [-0.1, -0.05) is 114 Å². The van der Waals surface area contributed by atoms with E-state index in [4.69, 9.17) is 4.74 Å². The van der Waals surface area contributed by atoms with Crippen LogP contribution in [0.4, 0.5) is 0 Å². The Bertz CT molecular complexity index is 2550. The van der Waals surface area contributed by atoms with E-state index in [9.17, 15) is 30.6 Å². The number of aromatic hydroxyl groups is 3. The molecule has 3 N–H and O–H groups in total. The molecule has 0 spiro atoms. The summed E-state index contributed by atoms with van der Waals surface area (Å²) < 4.78 is 6.15. The summed E-state index contributed by atoms with van der Waals surface area (Å²) in [6.45, 7) is -0.261. The molecular formula is C48H39Li3O7. The molecule has 0 amide bonds. The number of benzene rings is 8. The van der Waals surface area contributed by atoms with Crippen LogP contribution in [0.1, 0.15) is 22.3 Å². The van der Waals surface area contributed by atoms with Crippen molar-refractivity contribution in [3.63, 3.8) is 0 Å². The quantitative estimate of drug-likeness (QED) is 0.102. The molecule has 58 heavy (non-hydrogen) atoms. The van der Waals surface area contributed by atoms with Gasteiger partial charge in [0.1, 0.15) is 17.2 Å². The fraction of sp³-hybridized carbons (Fsp3) is 0.167. The summed E-state index contributed by atoms with van der Waals surface area (Å²) in [6.07, 6.45) is 0.988. The average Bonchev–Trinajstić information content (AvgIpc) is 3.20. The molecule has 0 aliphatic rings. The van der Waals surface area contributed by atoms with Gasteiger partial charge in [0, 0.05) is 16.7 Å². The van der Waals surface area contributed by atoms with Crippen LogP contribution in [0, 0.1) is 0 Å². The van der Waals surface area contributed by atoms with E-state index < -0.39 is 6.61 Å². The first-order valence-electron chi connectivity index (χ1n) is 18.6. The van der Waals surface area contributed by atoms with Crippen LogP contribution in [0.25, 0.3) is 65.3 Å². The normalized spacial score (nSPS) is 11.1. The molecular weight excluding hydrogens is 709 g/mol. The Balaban J connectivity index is 0.00000214. The molecule has 276 valence electrons. The van der Waals surface area contributed by atoms with Crippen LogP contribution >= 0.6 is 0 Å². The zero-order chi connectivity index (χ0) is 38.1. The van der Waals surface area contributed by atoms with Crippen LogP contribution < -0.4 is 71.9 Å². The average molecular weight is 749 g/mol. The molecule has 0 fully saturated rings. The molecule has 0 atom stereocenters. The molecule has 0 bridgehead atoms. The maximum Gasteiger partial charge on any atom is 1.00 e. The predicted molar refractivity (Wildman–Crippen MR) is 214 cm³/mol. The standard InChI is InChI=1S/C48H40O7.3Li/c49-21-17-33-25-29-9-1-5-13-37(29)41(45(33)51)43-39-15-7-3-11-31(39)27-35(47(43)53)19-23-55-24-20-36-28-32-12-4-8-16-40(32)44(48(36)54)42-38-14-6-2-10-30(38)26-34(18-22-50)46(42)52;;;/h1-16,25-28,51-54H,17-24H2;;;/q-2;3*+1/p-1. The van der Waals surface area contributed by atoms with E-state index in [1.165, 1.54) is 0 Å². The first kappa shape index (κ1) is 44.8. The molecule has 8 aromatic rings. The van der Waals surface area contributed by atoms with Gasteiger partial charge in [-0.2, -0.15) is 0 Å². The maximum absolute atomic E-state index is 13.9. The van der Waals surface area contributed by atoms with E-state index >= 15 is 0 Å². The Morgan fingerprint density at radius 2 is 0.690 bits per heavy atom. The predicted octanol–water partition coefficient (Wildman–Crippen LogP) is -1.56. The van der Waals surface area contributed by atoms with Gasteiger partial charge in [0.05, 0.1) is 13.2 Å². The first-order valence-corrected chi connectivity index (χ1v) is 18.6. The van der Waals surface area contributed by atoms with Crippen molar-refractivity contribution >= 4 is 43.1 Å². The zero-order valence-corrected chi connectivity index (χ0v) is 33.2. The number of fused-ring (bicyclic) bond motifs is 4. The van der Waals surface area contributed by atoms with Crippen LogP contribution in [0.3, 0.4) is 0 Å². The molecule has 0 saturated heterocycles. The first-order chi connectivity index (χ1) is 26.9. The third-order valence-electron chi connectivity index (χ3n) is 10.7. The van der Waals surface area contributed by atoms with Gasteiger partial charge < -0.3 is 35.4 Å². The van der Waals surface area contributed by atoms with Gasteiger partial charge in [-0.05, 0) is 109 Å². The fourth-order valence-corrected chi connectivity index (χ4v) is 8.02. The van der Waals surface area contributed by atoms with Crippen molar-refractivity contribution in [1.82, 2.24) is 0 Å². The largest absolute Gasteiger partial charge is 1.00 e. The Labute approximate surface area is 373 Å².